The quantitative estimate of drug-likeness (QED) is 0.736. The van der Waals surface area contributed by atoms with Crippen LogP contribution < -0.4 is 9.47 Å². The molecule has 64 valence electrons. The lowest BCUT2D eigenvalue weighted by Gasteiger charge is -2.07. The molecule has 12 heavy (non-hydrogen) atoms. The Labute approximate surface area is 79.6 Å². The predicted octanol–water partition coefficient (Wildman–Crippen LogP) is 2.39. The number of benzene rings is 1. The maximum atomic E-state index is 5.40. The fourth-order valence-corrected chi connectivity index (χ4v) is 1.97. The molecule has 0 atom stereocenters. The van der Waals surface area contributed by atoms with Crippen LogP contribution in [-0.4, -0.2) is 13.7 Å². The molecule has 0 saturated carbocycles. The fraction of sp³-hybridized carbons (Fsp3) is 0.333. The molecule has 0 radical (unpaired) electrons. The first-order valence-electron chi connectivity index (χ1n) is 3.81. The maximum Gasteiger partial charge on any atom is 0.140 e. The summed E-state index contributed by atoms with van der Waals surface area (Å²) in [4.78, 5) is 0. The zero-order valence-corrected chi connectivity index (χ0v) is 8.35. The van der Waals surface area contributed by atoms with E-state index in [0.29, 0.717) is 0 Å². The number of fused-ring (bicyclic) bond motifs is 1. The first-order valence-corrected chi connectivity index (χ1v) is 4.60. The van der Waals surface area contributed by atoms with Crippen LogP contribution >= 0.6 is 15.9 Å². The van der Waals surface area contributed by atoms with Crippen molar-refractivity contribution in [1.82, 2.24) is 0 Å². The van der Waals surface area contributed by atoms with Gasteiger partial charge in [0, 0.05) is 12.0 Å². The van der Waals surface area contributed by atoms with Gasteiger partial charge in [-0.2, -0.15) is 0 Å². The molecule has 0 saturated heterocycles. The number of hydrogen-bond acceptors (Lipinski definition) is 2. The summed E-state index contributed by atoms with van der Waals surface area (Å²) >= 11 is 3.43. The largest absolute Gasteiger partial charge is 0.495 e. The van der Waals surface area contributed by atoms with Crippen molar-refractivity contribution < 1.29 is 9.47 Å². The maximum absolute atomic E-state index is 5.40. The van der Waals surface area contributed by atoms with E-state index in [1.165, 1.54) is 5.56 Å². The SMILES string of the molecule is COc1c(Br)ccc2c1CCO2. The summed E-state index contributed by atoms with van der Waals surface area (Å²) in [6, 6.07) is 3.91. The minimum Gasteiger partial charge on any atom is -0.495 e. The van der Waals surface area contributed by atoms with Crippen LogP contribution in [0.15, 0.2) is 16.6 Å². The van der Waals surface area contributed by atoms with E-state index in [1.54, 1.807) is 7.11 Å². The van der Waals surface area contributed by atoms with E-state index in [0.717, 1.165) is 29.0 Å². The van der Waals surface area contributed by atoms with E-state index in [-0.39, 0.29) is 0 Å². The zero-order chi connectivity index (χ0) is 8.55. The monoisotopic (exact) mass is 228 g/mol. The van der Waals surface area contributed by atoms with Crippen LogP contribution in [0.1, 0.15) is 5.56 Å². The zero-order valence-electron chi connectivity index (χ0n) is 6.76. The van der Waals surface area contributed by atoms with Crippen molar-refractivity contribution in [3.05, 3.63) is 22.2 Å². The average Bonchev–Trinajstić information content (AvgIpc) is 2.52. The van der Waals surface area contributed by atoms with Crippen molar-refractivity contribution in [1.29, 1.82) is 0 Å². The van der Waals surface area contributed by atoms with Crippen molar-refractivity contribution in [2.75, 3.05) is 13.7 Å². The fourth-order valence-electron chi connectivity index (χ4n) is 1.44. The van der Waals surface area contributed by atoms with E-state index in [1.807, 2.05) is 12.1 Å². The van der Waals surface area contributed by atoms with E-state index in [4.69, 9.17) is 9.47 Å². The first-order chi connectivity index (χ1) is 5.83. The van der Waals surface area contributed by atoms with Crippen molar-refractivity contribution in [3.8, 4) is 11.5 Å². The number of ether oxygens (including phenoxy) is 2. The van der Waals surface area contributed by atoms with Gasteiger partial charge in [0.05, 0.1) is 18.2 Å². The van der Waals surface area contributed by atoms with Gasteiger partial charge in [-0.25, -0.2) is 0 Å². The molecule has 0 fully saturated rings. The number of methoxy groups -OCH3 is 1. The van der Waals surface area contributed by atoms with Gasteiger partial charge in [0.15, 0.2) is 0 Å². The molecule has 1 aromatic rings. The molecule has 3 heteroatoms. The second kappa shape index (κ2) is 2.98. The molecule has 0 aliphatic carbocycles. The third-order valence-electron chi connectivity index (χ3n) is 1.98. The van der Waals surface area contributed by atoms with Crippen LogP contribution in [0.5, 0.6) is 11.5 Å². The summed E-state index contributed by atoms with van der Waals surface area (Å²) in [5.41, 5.74) is 1.17. The Balaban J connectivity index is 2.57. The summed E-state index contributed by atoms with van der Waals surface area (Å²) in [7, 11) is 1.68. The van der Waals surface area contributed by atoms with Gasteiger partial charge in [0.2, 0.25) is 0 Å². The molecule has 1 aliphatic rings. The van der Waals surface area contributed by atoms with Crippen LogP contribution in [-0.2, 0) is 6.42 Å². The molecule has 0 unspecified atom stereocenters. The van der Waals surface area contributed by atoms with Gasteiger partial charge in [-0.3, -0.25) is 0 Å². The molecule has 0 bridgehead atoms. The van der Waals surface area contributed by atoms with Crippen molar-refractivity contribution in [2.45, 2.75) is 6.42 Å². The normalized spacial score (nSPS) is 13.8. The second-order valence-electron chi connectivity index (χ2n) is 2.66. The molecule has 0 N–H and O–H groups in total. The lowest BCUT2D eigenvalue weighted by molar-refractivity contribution is 0.356. The molecule has 0 amide bonds. The molecule has 2 nitrogen and oxygen atoms in total. The third-order valence-corrected chi connectivity index (χ3v) is 2.61. The van der Waals surface area contributed by atoms with Gasteiger partial charge in [0.1, 0.15) is 11.5 Å². The van der Waals surface area contributed by atoms with Crippen LogP contribution in [0.4, 0.5) is 0 Å². The average molecular weight is 229 g/mol. The second-order valence-corrected chi connectivity index (χ2v) is 3.51. The van der Waals surface area contributed by atoms with Gasteiger partial charge in [-0.15, -0.1) is 0 Å². The number of halogens is 1. The summed E-state index contributed by atoms with van der Waals surface area (Å²) in [5.74, 6) is 1.86. The van der Waals surface area contributed by atoms with E-state index >= 15 is 0 Å². The summed E-state index contributed by atoms with van der Waals surface area (Å²) in [6.45, 7) is 0.766. The van der Waals surface area contributed by atoms with E-state index in [2.05, 4.69) is 15.9 Å². The standard InChI is InChI=1S/C9H9BrO2/c1-11-9-6-4-5-12-8(6)3-2-7(9)10/h2-3H,4-5H2,1H3. The Kier molecular flexibility index (Phi) is 1.97. The van der Waals surface area contributed by atoms with Gasteiger partial charge in [-0.05, 0) is 28.1 Å². The van der Waals surface area contributed by atoms with Crippen molar-refractivity contribution >= 4 is 15.9 Å². The molecule has 2 rings (SSSR count). The topological polar surface area (TPSA) is 18.5 Å². The molecule has 0 aromatic heterocycles. The Bertz CT molecular complexity index is 310. The van der Waals surface area contributed by atoms with Gasteiger partial charge >= 0.3 is 0 Å². The first kappa shape index (κ1) is 7.92. The van der Waals surface area contributed by atoms with Crippen LogP contribution in [0.25, 0.3) is 0 Å². The number of rotatable bonds is 1. The molecule has 0 spiro atoms. The minimum atomic E-state index is 0.766. The Morgan fingerprint density at radius 1 is 1.50 bits per heavy atom. The Hall–Kier alpha value is -0.700. The molecular weight excluding hydrogens is 220 g/mol. The Morgan fingerprint density at radius 3 is 3.08 bits per heavy atom. The van der Waals surface area contributed by atoms with Crippen molar-refractivity contribution in [3.63, 3.8) is 0 Å². The minimum absolute atomic E-state index is 0.766. The van der Waals surface area contributed by atoms with Crippen molar-refractivity contribution in [2.24, 2.45) is 0 Å². The van der Waals surface area contributed by atoms with E-state index < -0.39 is 0 Å². The van der Waals surface area contributed by atoms with E-state index in [9.17, 15) is 0 Å². The highest BCUT2D eigenvalue weighted by atomic mass is 79.9. The summed E-state index contributed by atoms with van der Waals surface area (Å²) in [6.07, 6.45) is 0.942. The number of hydrogen-bond donors (Lipinski definition) is 0. The van der Waals surface area contributed by atoms with Crippen LogP contribution in [0.3, 0.4) is 0 Å². The third kappa shape index (κ3) is 1.08. The Morgan fingerprint density at radius 2 is 2.33 bits per heavy atom. The molecule has 1 aliphatic heterocycles. The molecule has 1 heterocycles. The molecule has 1 aromatic carbocycles. The highest BCUT2D eigenvalue weighted by molar-refractivity contribution is 9.10. The van der Waals surface area contributed by atoms with Gasteiger partial charge < -0.3 is 9.47 Å². The smallest absolute Gasteiger partial charge is 0.140 e. The highest BCUT2D eigenvalue weighted by Gasteiger charge is 2.18. The molecular formula is C9H9BrO2. The summed E-state index contributed by atoms with van der Waals surface area (Å²) < 4.78 is 11.7. The van der Waals surface area contributed by atoms with Crippen LogP contribution in [0.2, 0.25) is 0 Å². The summed E-state index contributed by atoms with van der Waals surface area (Å²) in [5, 5.41) is 0. The van der Waals surface area contributed by atoms with Gasteiger partial charge in [-0.1, -0.05) is 0 Å². The lowest BCUT2D eigenvalue weighted by Crippen LogP contribution is -1.89. The highest BCUT2D eigenvalue weighted by Crippen LogP contribution is 2.38. The van der Waals surface area contributed by atoms with Gasteiger partial charge in [0.25, 0.3) is 0 Å². The van der Waals surface area contributed by atoms with Crippen LogP contribution in [0, 0.1) is 0 Å². The lowest BCUT2D eigenvalue weighted by atomic mass is 10.1. The predicted molar refractivity (Wildman–Crippen MR) is 49.9 cm³/mol.